The Morgan fingerprint density at radius 2 is 1.54 bits per heavy atom. The van der Waals surface area contributed by atoms with Crippen LogP contribution in [0.4, 0.5) is 0 Å². The molecule has 0 aliphatic carbocycles. The second kappa shape index (κ2) is 8.80. The summed E-state index contributed by atoms with van der Waals surface area (Å²) in [6.45, 7) is 3.02. The van der Waals surface area contributed by atoms with E-state index < -0.39 is 0 Å². The fourth-order valence-corrected chi connectivity index (χ4v) is 3.59. The molecule has 2 heterocycles. The molecule has 0 bridgehead atoms. The van der Waals surface area contributed by atoms with Crippen LogP contribution in [0.25, 0.3) is 0 Å². The first kappa shape index (κ1) is 18.4. The maximum atomic E-state index is 13.2. The average Bonchev–Trinajstić information content (AvgIpc) is 3.25. The van der Waals surface area contributed by atoms with E-state index in [2.05, 4.69) is 15.6 Å². The first-order chi connectivity index (χ1) is 13.8. The second-order valence-corrected chi connectivity index (χ2v) is 7.20. The lowest BCUT2D eigenvalue weighted by Gasteiger charge is -2.23. The summed E-state index contributed by atoms with van der Waals surface area (Å²) in [5, 5.41) is 11.8. The van der Waals surface area contributed by atoms with Crippen LogP contribution >= 0.6 is 0 Å². The lowest BCUT2D eigenvalue weighted by molar-refractivity contribution is 0.0724. The van der Waals surface area contributed by atoms with Gasteiger partial charge in [-0.1, -0.05) is 65.9 Å². The molecule has 0 radical (unpaired) electrons. The van der Waals surface area contributed by atoms with Gasteiger partial charge >= 0.3 is 0 Å². The minimum Gasteiger partial charge on any atom is -0.329 e. The van der Waals surface area contributed by atoms with Gasteiger partial charge in [-0.25, -0.2) is 4.68 Å². The lowest BCUT2D eigenvalue weighted by Crippen LogP contribution is -2.31. The van der Waals surface area contributed by atoms with E-state index in [0.29, 0.717) is 24.8 Å². The highest BCUT2D eigenvalue weighted by Gasteiger charge is 2.22. The number of nitrogens with one attached hydrogen (secondary N) is 1. The first-order valence-corrected chi connectivity index (χ1v) is 9.79. The molecule has 1 aliphatic rings. The Labute approximate surface area is 165 Å². The minimum absolute atomic E-state index is 0.0899. The average molecular weight is 375 g/mol. The number of carbonyl (C=O) groups excluding carboxylic acids is 1. The van der Waals surface area contributed by atoms with Gasteiger partial charge in [0.05, 0.1) is 12.2 Å². The van der Waals surface area contributed by atoms with Crippen molar-refractivity contribution in [3.05, 3.63) is 83.7 Å². The number of piperidine rings is 1. The van der Waals surface area contributed by atoms with Crippen molar-refractivity contribution < 1.29 is 4.79 Å². The van der Waals surface area contributed by atoms with Crippen LogP contribution in [0.15, 0.2) is 66.9 Å². The maximum absolute atomic E-state index is 13.2. The zero-order valence-corrected chi connectivity index (χ0v) is 15.9. The summed E-state index contributed by atoms with van der Waals surface area (Å²) < 4.78 is 1.86. The molecule has 1 N–H and O–H groups in total. The molecule has 0 saturated carbocycles. The van der Waals surface area contributed by atoms with Crippen molar-refractivity contribution in [3.8, 4) is 0 Å². The molecule has 28 heavy (non-hydrogen) atoms. The van der Waals surface area contributed by atoms with Crippen molar-refractivity contribution in [2.24, 2.45) is 0 Å². The number of hydrogen-bond acceptors (Lipinski definition) is 4. The third-order valence-electron chi connectivity index (χ3n) is 5.13. The molecule has 1 amide bonds. The van der Waals surface area contributed by atoms with Gasteiger partial charge < -0.3 is 10.2 Å². The van der Waals surface area contributed by atoms with Gasteiger partial charge in [-0.15, -0.1) is 5.10 Å². The Morgan fingerprint density at radius 1 is 0.964 bits per heavy atom. The summed E-state index contributed by atoms with van der Waals surface area (Å²) in [5.74, 6) is -0.0899. The number of rotatable bonds is 6. The number of hydrogen-bond donors (Lipinski definition) is 1. The van der Waals surface area contributed by atoms with Crippen molar-refractivity contribution in [2.75, 3.05) is 13.1 Å². The van der Waals surface area contributed by atoms with Gasteiger partial charge in [-0.2, -0.15) is 0 Å². The van der Waals surface area contributed by atoms with Crippen molar-refractivity contribution in [2.45, 2.75) is 32.0 Å². The maximum Gasteiger partial charge on any atom is 0.276 e. The molecule has 0 unspecified atom stereocenters. The van der Waals surface area contributed by atoms with E-state index in [1.807, 2.05) is 70.2 Å². The molecule has 1 aromatic heterocycles. The van der Waals surface area contributed by atoms with Gasteiger partial charge in [0.1, 0.15) is 0 Å². The summed E-state index contributed by atoms with van der Waals surface area (Å²) in [4.78, 5) is 15.1. The van der Waals surface area contributed by atoms with E-state index in [4.69, 9.17) is 0 Å². The molecule has 0 atom stereocenters. The van der Waals surface area contributed by atoms with E-state index in [9.17, 15) is 4.79 Å². The van der Waals surface area contributed by atoms with Crippen molar-refractivity contribution >= 4 is 5.91 Å². The number of amides is 1. The van der Waals surface area contributed by atoms with Crippen LogP contribution in [0.3, 0.4) is 0 Å². The summed E-state index contributed by atoms with van der Waals surface area (Å²) in [6.07, 6.45) is 3.82. The SMILES string of the molecule is O=C(c1cn(C2CCNCC2)nn1)N(Cc1ccccc1)Cc1ccccc1. The molecular weight excluding hydrogens is 350 g/mol. The van der Waals surface area contributed by atoms with Crippen LogP contribution < -0.4 is 5.32 Å². The van der Waals surface area contributed by atoms with E-state index >= 15 is 0 Å². The topological polar surface area (TPSA) is 63.1 Å². The molecule has 1 aliphatic heterocycles. The first-order valence-electron chi connectivity index (χ1n) is 9.79. The molecule has 2 aromatic carbocycles. The van der Waals surface area contributed by atoms with Crippen molar-refractivity contribution in [1.82, 2.24) is 25.2 Å². The normalized spacial score (nSPS) is 14.7. The second-order valence-electron chi connectivity index (χ2n) is 7.20. The standard InChI is InChI=1S/C22H25N5O/c28-22(21-17-27(25-24-21)20-11-13-23-14-12-20)26(15-18-7-3-1-4-8-18)16-19-9-5-2-6-10-19/h1-10,17,20,23H,11-16H2. The highest BCUT2D eigenvalue weighted by Crippen LogP contribution is 2.18. The van der Waals surface area contributed by atoms with E-state index in [-0.39, 0.29) is 5.91 Å². The van der Waals surface area contributed by atoms with E-state index in [1.165, 1.54) is 0 Å². The van der Waals surface area contributed by atoms with Gasteiger partial charge in [-0.05, 0) is 37.1 Å². The Bertz CT molecular complexity index is 846. The van der Waals surface area contributed by atoms with Gasteiger partial charge in [0.15, 0.2) is 5.69 Å². The highest BCUT2D eigenvalue weighted by molar-refractivity contribution is 5.91. The molecule has 3 aromatic rings. The molecule has 0 spiro atoms. The van der Waals surface area contributed by atoms with Gasteiger partial charge in [-0.3, -0.25) is 4.79 Å². The van der Waals surface area contributed by atoms with Crippen LogP contribution in [-0.2, 0) is 13.1 Å². The van der Waals surface area contributed by atoms with Crippen molar-refractivity contribution in [1.29, 1.82) is 0 Å². The van der Waals surface area contributed by atoms with E-state index in [1.54, 1.807) is 6.20 Å². The monoisotopic (exact) mass is 375 g/mol. The van der Waals surface area contributed by atoms with Crippen LogP contribution in [0.5, 0.6) is 0 Å². The van der Waals surface area contributed by atoms with Gasteiger partial charge in [0.25, 0.3) is 5.91 Å². The number of carbonyl (C=O) groups is 1. The summed E-state index contributed by atoms with van der Waals surface area (Å²) in [7, 11) is 0. The van der Waals surface area contributed by atoms with Crippen LogP contribution in [0.2, 0.25) is 0 Å². The zero-order valence-electron chi connectivity index (χ0n) is 15.9. The summed E-state index contributed by atoms with van der Waals surface area (Å²) in [5.41, 5.74) is 2.60. The third kappa shape index (κ3) is 4.46. The summed E-state index contributed by atoms with van der Waals surface area (Å²) >= 11 is 0. The van der Waals surface area contributed by atoms with Crippen LogP contribution in [0, 0.1) is 0 Å². The Kier molecular flexibility index (Phi) is 5.77. The quantitative estimate of drug-likeness (QED) is 0.719. The molecule has 144 valence electrons. The Balaban J connectivity index is 1.54. The molecule has 4 rings (SSSR count). The fraction of sp³-hybridized carbons (Fsp3) is 0.318. The van der Waals surface area contributed by atoms with Crippen LogP contribution in [-0.4, -0.2) is 38.9 Å². The number of benzene rings is 2. The predicted molar refractivity (Wildman–Crippen MR) is 108 cm³/mol. The molecule has 1 saturated heterocycles. The van der Waals surface area contributed by atoms with Gasteiger partial charge in [0, 0.05) is 13.1 Å². The molecule has 6 nitrogen and oxygen atoms in total. The predicted octanol–water partition coefficient (Wildman–Crippen LogP) is 3.05. The largest absolute Gasteiger partial charge is 0.329 e. The third-order valence-corrected chi connectivity index (χ3v) is 5.13. The molecule has 6 heteroatoms. The Morgan fingerprint density at radius 3 is 2.11 bits per heavy atom. The highest BCUT2D eigenvalue weighted by atomic mass is 16.2. The lowest BCUT2D eigenvalue weighted by atomic mass is 10.1. The number of nitrogens with zero attached hydrogens (tertiary/aromatic N) is 4. The van der Waals surface area contributed by atoms with E-state index in [0.717, 1.165) is 37.1 Å². The summed E-state index contributed by atoms with van der Waals surface area (Å²) in [6, 6.07) is 20.4. The number of aromatic nitrogens is 3. The fourth-order valence-electron chi connectivity index (χ4n) is 3.59. The zero-order chi connectivity index (χ0) is 19.2. The minimum atomic E-state index is -0.0899. The Hall–Kier alpha value is -2.99. The molecule has 1 fully saturated rings. The van der Waals surface area contributed by atoms with Crippen molar-refractivity contribution in [3.63, 3.8) is 0 Å². The smallest absolute Gasteiger partial charge is 0.276 e. The van der Waals surface area contributed by atoms with Crippen LogP contribution in [0.1, 0.15) is 40.5 Å². The molecular formula is C22H25N5O. The van der Waals surface area contributed by atoms with Gasteiger partial charge in [0.2, 0.25) is 0 Å².